The first kappa shape index (κ1) is 22.3. The van der Waals surface area contributed by atoms with E-state index in [-0.39, 0.29) is 25.1 Å². The Kier molecular flexibility index (Phi) is 6.30. The van der Waals surface area contributed by atoms with Crippen molar-refractivity contribution in [2.75, 3.05) is 5.32 Å². The molecule has 9 heteroatoms. The van der Waals surface area contributed by atoms with Crippen LogP contribution in [0.4, 0.5) is 11.6 Å². The molecular formula is C24H26N4O5. The second-order valence-corrected chi connectivity index (χ2v) is 8.39. The lowest BCUT2D eigenvalue weighted by Crippen LogP contribution is -2.44. The number of nitrogens with zero attached hydrogens (tertiary/aromatic N) is 3. The van der Waals surface area contributed by atoms with E-state index in [1.807, 2.05) is 43.3 Å². The lowest BCUT2D eigenvalue weighted by Gasteiger charge is -2.17. The van der Waals surface area contributed by atoms with Gasteiger partial charge in [0, 0.05) is 12.2 Å². The van der Waals surface area contributed by atoms with Gasteiger partial charge < -0.3 is 15.2 Å². The monoisotopic (exact) mass is 450 g/mol. The van der Waals surface area contributed by atoms with Crippen LogP contribution < -0.4 is 21.4 Å². The van der Waals surface area contributed by atoms with E-state index in [4.69, 9.17) is 4.74 Å². The van der Waals surface area contributed by atoms with Gasteiger partial charge >= 0.3 is 17.3 Å². The highest BCUT2D eigenvalue weighted by atomic mass is 16.5. The van der Waals surface area contributed by atoms with Crippen molar-refractivity contribution >= 4 is 17.6 Å². The average Bonchev–Trinajstić information content (AvgIpc) is 3.60. The summed E-state index contributed by atoms with van der Waals surface area (Å²) in [7, 11) is 0. The molecule has 1 aliphatic rings. The second kappa shape index (κ2) is 9.32. The summed E-state index contributed by atoms with van der Waals surface area (Å²) in [4.78, 5) is 41.2. The summed E-state index contributed by atoms with van der Waals surface area (Å²) in [6.07, 6.45) is 2.41. The Bertz CT molecular complexity index is 1260. The Morgan fingerprint density at radius 1 is 1.12 bits per heavy atom. The molecule has 1 aromatic heterocycles. The Balaban J connectivity index is 1.69. The lowest BCUT2D eigenvalue weighted by atomic mass is 10.1. The first-order valence-corrected chi connectivity index (χ1v) is 10.8. The number of hydrogen-bond donors (Lipinski definition) is 2. The molecule has 9 nitrogen and oxygen atoms in total. The summed E-state index contributed by atoms with van der Waals surface area (Å²) in [6, 6.07) is 14.9. The van der Waals surface area contributed by atoms with Crippen LogP contribution in [0.5, 0.6) is 5.75 Å². The van der Waals surface area contributed by atoms with Gasteiger partial charge in [-0.15, -0.1) is 0 Å². The molecule has 33 heavy (non-hydrogen) atoms. The van der Waals surface area contributed by atoms with Crippen LogP contribution in [0.25, 0.3) is 0 Å². The van der Waals surface area contributed by atoms with E-state index in [1.54, 1.807) is 12.1 Å². The molecule has 1 heterocycles. The maximum absolute atomic E-state index is 13.2. The van der Waals surface area contributed by atoms with Crippen LogP contribution >= 0.6 is 0 Å². The number of benzene rings is 2. The Labute approximate surface area is 190 Å². The zero-order chi connectivity index (χ0) is 23.5. The highest BCUT2D eigenvalue weighted by Gasteiger charge is 2.23. The second-order valence-electron chi connectivity index (χ2n) is 8.39. The zero-order valence-corrected chi connectivity index (χ0v) is 18.5. The third-order valence-electron chi connectivity index (χ3n) is 5.43. The normalized spacial score (nSPS) is 14.0. The zero-order valence-electron chi connectivity index (χ0n) is 18.5. The van der Waals surface area contributed by atoms with E-state index in [1.165, 1.54) is 11.5 Å². The molecule has 0 saturated heterocycles. The van der Waals surface area contributed by atoms with Gasteiger partial charge in [0.25, 0.3) is 0 Å². The highest BCUT2D eigenvalue weighted by molar-refractivity contribution is 5.69. The van der Waals surface area contributed by atoms with Crippen LogP contribution in [-0.4, -0.2) is 31.3 Å². The molecule has 0 amide bonds. The van der Waals surface area contributed by atoms with Crippen molar-refractivity contribution in [3.8, 4) is 5.75 Å². The lowest BCUT2D eigenvalue weighted by molar-refractivity contribution is -0.141. The smallest absolute Gasteiger partial charge is 0.354 e. The number of anilines is 2. The molecular weight excluding hydrogens is 424 g/mol. The number of nitrogens with one attached hydrogen (secondary N) is 1. The molecule has 3 aromatic rings. The van der Waals surface area contributed by atoms with E-state index in [0.717, 1.165) is 34.3 Å². The van der Waals surface area contributed by atoms with Crippen molar-refractivity contribution < 1.29 is 14.6 Å². The molecule has 172 valence electrons. The molecule has 0 aliphatic heterocycles. The third-order valence-corrected chi connectivity index (χ3v) is 5.43. The van der Waals surface area contributed by atoms with Crippen molar-refractivity contribution in [2.24, 2.45) is 5.92 Å². The largest absolute Gasteiger partial charge is 0.490 e. The van der Waals surface area contributed by atoms with Gasteiger partial charge in [-0.05, 0) is 49.6 Å². The molecule has 0 unspecified atom stereocenters. The molecule has 1 saturated carbocycles. The molecule has 0 radical (unpaired) electrons. The molecule has 2 N–H and O–H groups in total. The average molecular weight is 450 g/mol. The fourth-order valence-electron chi connectivity index (χ4n) is 3.28. The van der Waals surface area contributed by atoms with E-state index in [0.29, 0.717) is 5.69 Å². The number of ether oxygens (including phenoxy) is 1. The fraction of sp³-hybridized carbons (Fsp3) is 0.333. The van der Waals surface area contributed by atoms with Crippen LogP contribution in [0.1, 0.15) is 30.9 Å². The van der Waals surface area contributed by atoms with Crippen molar-refractivity contribution in [2.45, 2.75) is 45.9 Å². The SMILES string of the molecule is Cc1ccc(Cn2c(Nc3ccc(OC4CC4)cc3)nc(=O)n(C[C@H](C)C(=O)O)c2=O)cc1. The molecule has 1 aliphatic carbocycles. The topological polar surface area (TPSA) is 115 Å². The number of hydrogen-bond acceptors (Lipinski definition) is 6. The van der Waals surface area contributed by atoms with Gasteiger partial charge in [-0.3, -0.25) is 9.36 Å². The Morgan fingerprint density at radius 3 is 2.39 bits per heavy atom. The number of aliphatic carboxylic acids is 1. The number of carbonyl (C=O) groups is 1. The van der Waals surface area contributed by atoms with Crippen LogP contribution in [0, 0.1) is 12.8 Å². The summed E-state index contributed by atoms with van der Waals surface area (Å²) in [5.41, 5.74) is 1.14. The predicted octanol–water partition coefficient (Wildman–Crippen LogP) is 2.77. The molecule has 1 fully saturated rings. The summed E-state index contributed by atoms with van der Waals surface area (Å²) in [5, 5.41) is 12.3. The van der Waals surface area contributed by atoms with E-state index in [9.17, 15) is 19.5 Å². The third kappa shape index (κ3) is 5.49. The Morgan fingerprint density at radius 2 is 1.79 bits per heavy atom. The Hall–Kier alpha value is -3.88. The van der Waals surface area contributed by atoms with Gasteiger partial charge in [-0.2, -0.15) is 4.98 Å². The van der Waals surface area contributed by atoms with Crippen molar-refractivity contribution in [3.63, 3.8) is 0 Å². The standard InChI is InChI=1S/C24H26N4O5/c1-15-3-5-17(6-4-15)14-27-22(25-18-7-9-19(10-8-18)33-20-11-12-20)26-23(31)28(24(27)32)13-16(2)21(29)30/h3-10,16,20H,11-14H2,1-2H3,(H,29,30)(H,25,26,31)/t16-/m0/s1. The minimum Gasteiger partial charge on any atom is -0.490 e. The summed E-state index contributed by atoms with van der Waals surface area (Å²) in [5.74, 6) is -1.17. The van der Waals surface area contributed by atoms with Gasteiger partial charge in [0.15, 0.2) is 0 Å². The van der Waals surface area contributed by atoms with Gasteiger partial charge in [-0.25, -0.2) is 14.2 Å². The minimum absolute atomic E-state index is 0.0839. The van der Waals surface area contributed by atoms with Gasteiger partial charge in [-0.1, -0.05) is 36.8 Å². The summed E-state index contributed by atoms with van der Waals surface area (Å²) < 4.78 is 7.96. The fourth-order valence-corrected chi connectivity index (χ4v) is 3.28. The van der Waals surface area contributed by atoms with Crippen LogP contribution in [0.15, 0.2) is 58.1 Å². The number of aromatic nitrogens is 3. The number of rotatable bonds is 9. The van der Waals surface area contributed by atoms with E-state index < -0.39 is 23.3 Å². The van der Waals surface area contributed by atoms with Crippen LogP contribution in [-0.2, 0) is 17.9 Å². The van der Waals surface area contributed by atoms with Gasteiger partial charge in [0.1, 0.15) is 5.75 Å². The van der Waals surface area contributed by atoms with Crippen LogP contribution in [0.3, 0.4) is 0 Å². The number of aryl methyl sites for hydroxylation is 1. The first-order chi connectivity index (χ1) is 15.8. The molecule has 0 bridgehead atoms. The maximum Gasteiger partial charge on any atom is 0.354 e. The van der Waals surface area contributed by atoms with E-state index in [2.05, 4.69) is 10.3 Å². The van der Waals surface area contributed by atoms with E-state index >= 15 is 0 Å². The van der Waals surface area contributed by atoms with Crippen molar-refractivity contribution in [1.82, 2.24) is 14.1 Å². The summed E-state index contributed by atoms with van der Waals surface area (Å²) in [6.45, 7) is 3.31. The highest BCUT2D eigenvalue weighted by Crippen LogP contribution is 2.27. The molecule has 4 rings (SSSR count). The predicted molar refractivity (Wildman–Crippen MR) is 123 cm³/mol. The maximum atomic E-state index is 13.2. The molecule has 0 spiro atoms. The van der Waals surface area contributed by atoms with Gasteiger partial charge in [0.2, 0.25) is 5.95 Å². The van der Waals surface area contributed by atoms with Gasteiger partial charge in [0.05, 0.1) is 18.6 Å². The minimum atomic E-state index is -1.10. The van der Waals surface area contributed by atoms with Crippen molar-refractivity contribution in [1.29, 1.82) is 0 Å². The quantitative estimate of drug-likeness (QED) is 0.515. The number of carboxylic acids is 1. The van der Waals surface area contributed by atoms with Crippen LogP contribution in [0.2, 0.25) is 0 Å². The molecule has 1 atom stereocenters. The first-order valence-electron chi connectivity index (χ1n) is 10.8. The molecule has 2 aromatic carbocycles. The number of carboxylic acid groups (broad SMARTS) is 1. The van der Waals surface area contributed by atoms with Crippen molar-refractivity contribution in [3.05, 3.63) is 80.6 Å². The summed E-state index contributed by atoms with van der Waals surface area (Å²) >= 11 is 0.